The van der Waals surface area contributed by atoms with Gasteiger partial charge in [0.05, 0.1) is 0 Å². The number of amides is 1. The summed E-state index contributed by atoms with van der Waals surface area (Å²) in [6.07, 6.45) is 17.2. The highest BCUT2D eigenvalue weighted by atomic mass is 16.1. The molecule has 2 aliphatic carbocycles. The lowest BCUT2D eigenvalue weighted by molar-refractivity contribution is -0.120. The van der Waals surface area contributed by atoms with Crippen LogP contribution in [-0.4, -0.2) is 25.0 Å². The number of allylic oxidation sites excluding steroid dienone is 1. The molecular weight excluding hydrogens is 260 g/mol. The molecule has 2 rings (SSSR count). The Kier molecular flexibility index (Phi) is 7.87. The van der Waals surface area contributed by atoms with Crippen molar-refractivity contribution in [2.45, 2.75) is 83.1 Å². The van der Waals surface area contributed by atoms with Crippen molar-refractivity contribution in [3.8, 4) is 0 Å². The molecule has 0 aromatic heterocycles. The molecule has 0 radical (unpaired) electrons. The monoisotopic (exact) mass is 292 g/mol. The predicted octanol–water partition coefficient (Wildman–Crippen LogP) is 3.70. The zero-order valence-corrected chi connectivity index (χ0v) is 13.5. The molecular formula is C18H32N2O. The van der Waals surface area contributed by atoms with E-state index in [1.54, 1.807) is 0 Å². The Morgan fingerprint density at radius 2 is 1.86 bits per heavy atom. The van der Waals surface area contributed by atoms with Crippen LogP contribution < -0.4 is 10.6 Å². The molecule has 0 unspecified atom stereocenters. The van der Waals surface area contributed by atoms with Crippen molar-refractivity contribution in [3.63, 3.8) is 0 Å². The standard InChI is InChI=1S/C18H32N2O/c21-18(20-14-12-16-8-4-3-5-9-16)13-15-19-17-10-6-1-2-7-11-17/h8,17,19H,1-7,9-15H2,(H,20,21). The first-order valence-corrected chi connectivity index (χ1v) is 9.02. The van der Waals surface area contributed by atoms with Gasteiger partial charge in [0, 0.05) is 25.6 Å². The van der Waals surface area contributed by atoms with Crippen molar-refractivity contribution in [1.29, 1.82) is 0 Å². The number of carbonyl (C=O) groups is 1. The van der Waals surface area contributed by atoms with Crippen LogP contribution in [-0.2, 0) is 4.79 Å². The van der Waals surface area contributed by atoms with E-state index in [0.29, 0.717) is 12.5 Å². The molecule has 0 aromatic rings. The van der Waals surface area contributed by atoms with Crippen LogP contribution in [0.1, 0.15) is 77.0 Å². The van der Waals surface area contributed by atoms with Crippen molar-refractivity contribution < 1.29 is 4.79 Å². The zero-order valence-electron chi connectivity index (χ0n) is 13.5. The van der Waals surface area contributed by atoms with Crippen LogP contribution in [0.3, 0.4) is 0 Å². The molecule has 0 saturated heterocycles. The van der Waals surface area contributed by atoms with Gasteiger partial charge in [-0.3, -0.25) is 4.79 Å². The van der Waals surface area contributed by atoms with Crippen molar-refractivity contribution in [2.24, 2.45) is 0 Å². The van der Waals surface area contributed by atoms with Crippen molar-refractivity contribution >= 4 is 5.91 Å². The van der Waals surface area contributed by atoms with Gasteiger partial charge in [-0.25, -0.2) is 0 Å². The van der Waals surface area contributed by atoms with Gasteiger partial charge in [0.25, 0.3) is 0 Å². The summed E-state index contributed by atoms with van der Waals surface area (Å²) in [5, 5.41) is 6.62. The number of hydrogen-bond donors (Lipinski definition) is 2. The molecule has 0 aromatic carbocycles. The lowest BCUT2D eigenvalue weighted by Crippen LogP contribution is -2.33. The van der Waals surface area contributed by atoms with Crippen LogP contribution in [0.4, 0.5) is 0 Å². The molecule has 2 N–H and O–H groups in total. The maximum absolute atomic E-state index is 11.8. The van der Waals surface area contributed by atoms with Gasteiger partial charge in [-0.1, -0.05) is 37.3 Å². The van der Waals surface area contributed by atoms with E-state index in [1.165, 1.54) is 69.8 Å². The van der Waals surface area contributed by atoms with Gasteiger partial charge in [-0.15, -0.1) is 0 Å². The lowest BCUT2D eigenvalue weighted by Gasteiger charge is -2.16. The van der Waals surface area contributed by atoms with Crippen LogP contribution in [0.15, 0.2) is 11.6 Å². The summed E-state index contributed by atoms with van der Waals surface area (Å²) >= 11 is 0. The minimum Gasteiger partial charge on any atom is -0.356 e. The van der Waals surface area contributed by atoms with E-state index >= 15 is 0 Å². The highest BCUT2D eigenvalue weighted by molar-refractivity contribution is 5.76. The van der Waals surface area contributed by atoms with Crippen LogP contribution in [0, 0.1) is 0 Å². The van der Waals surface area contributed by atoms with Gasteiger partial charge in [0.1, 0.15) is 0 Å². The van der Waals surface area contributed by atoms with E-state index in [-0.39, 0.29) is 5.91 Å². The van der Waals surface area contributed by atoms with Crippen molar-refractivity contribution in [1.82, 2.24) is 10.6 Å². The molecule has 0 bridgehead atoms. The number of hydrogen-bond acceptors (Lipinski definition) is 2. The number of carbonyl (C=O) groups excluding carboxylic acids is 1. The minimum atomic E-state index is 0.201. The van der Waals surface area contributed by atoms with E-state index in [2.05, 4.69) is 16.7 Å². The first-order chi connectivity index (χ1) is 10.3. The molecule has 3 heteroatoms. The molecule has 0 atom stereocenters. The van der Waals surface area contributed by atoms with Crippen LogP contribution in [0.2, 0.25) is 0 Å². The average Bonchev–Trinajstić information content (AvgIpc) is 2.77. The third kappa shape index (κ3) is 7.12. The third-order valence-corrected chi connectivity index (χ3v) is 4.79. The van der Waals surface area contributed by atoms with E-state index < -0.39 is 0 Å². The number of nitrogens with one attached hydrogen (secondary N) is 2. The Morgan fingerprint density at radius 3 is 2.57 bits per heavy atom. The molecule has 2 aliphatic rings. The van der Waals surface area contributed by atoms with Gasteiger partial charge in [0.15, 0.2) is 0 Å². The highest BCUT2D eigenvalue weighted by Crippen LogP contribution is 2.19. The predicted molar refractivity (Wildman–Crippen MR) is 88.3 cm³/mol. The second kappa shape index (κ2) is 9.99. The average molecular weight is 292 g/mol. The van der Waals surface area contributed by atoms with Gasteiger partial charge in [-0.05, 0) is 44.9 Å². The summed E-state index contributed by atoms with van der Waals surface area (Å²) < 4.78 is 0. The summed E-state index contributed by atoms with van der Waals surface area (Å²) in [4.78, 5) is 11.8. The van der Waals surface area contributed by atoms with Crippen molar-refractivity contribution in [2.75, 3.05) is 13.1 Å². The Hall–Kier alpha value is -0.830. The maximum atomic E-state index is 11.8. The molecule has 0 aliphatic heterocycles. The topological polar surface area (TPSA) is 41.1 Å². The third-order valence-electron chi connectivity index (χ3n) is 4.79. The van der Waals surface area contributed by atoms with Gasteiger partial charge < -0.3 is 10.6 Å². The van der Waals surface area contributed by atoms with Crippen LogP contribution in [0.25, 0.3) is 0 Å². The lowest BCUT2D eigenvalue weighted by atomic mass is 9.97. The molecule has 3 nitrogen and oxygen atoms in total. The van der Waals surface area contributed by atoms with E-state index in [4.69, 9.17) is 0 Å². The van der Waals surface area contributed by atoms with E-state index in [9.17, 15) is 4.79 Å². The Bertz CT molecular complexity index is 330. The zero-order chi connectivity index (χ0) is 14.8. The van der Waals surface area contributed by atoms with E-state index in [1.807, 2.05) is 0 Å². The molecule has 21 heavy (non-hydrogen) atoms. The Morgan fingerprint density at radius 1 is 1.05 bits per heavy atom. The summed E-state index contributed by atoms with van der Waals surface area (Å²) in [6, 6.07) is 0.646. The molecule has 1 saturated carbocycles. The summed E-state index contributed by atoms with van der Waals surface area (Å²) in [5.74, 6) is 0.201. The SMILES string of the molecule is O=C(CCNC1CCCCCC1)NCCC1=CCCCC1. The van der Waals surface area contributed by atoms with Gasteiger partial charge in [-0.2, -0.15) is 0 Å². The highest BCUT2D eigenvalue weighted by Gasteiger charge is 2.11. The second-order valence-electron chi connectivity index (χ2n) is 6.60. The first-order valence-electron chi connectivity index (χ1n) is 9.02. The van der Waals surface area contributed by atoms with Gasteiger partial charge in [0.2, 0.25) is 5.91 Å². The van der Waals surface area contributed by atoms with Crippen LogP contribution >= 0.6 is 0 Å². The second-order valence-corrected chi connectivity index (χ2v) is 6.60. The summed E-state index contributed by atoms with van der Waals surface area (Å²) in [5.41, 5.74) is 1.54. The fraction of sp³-hybridized carbons (Fsp3) is 0.833. The molecule has 0 spiro atoms. The molecule has 1 amide bonds. The Balaban J connectivity index is 1.50. The molecule has 1 fully saturated rings. The fourth-order valence-corrected chi connectivity index (χ4v) is 3.46. The summed E-state index contributed by atoms with van der Waals surface area (Å²) in [7, 11) is 0. The normalized spacial score (nSPS) is 20.7. The number of rotatable bonds is 7. The quantitative estimate of drug-likeness (QED) is 0.555. The maximum Gasteiger partial charge on any atom is 0.221 e. The smallest absolute Gasteiger partial charge is 0.221 e. The largest absolute Gasteiger partial charge is 0.356 e. The van der Waals surface area contributed by atoms with Crippen molar-refractivity contribution in [3.05, 3.63) is 11.6 Å². The van der Waals surface area contributed by atoms with Gasteiger partial charge >= 0.3 is 0 Å². The Labute approximate surface area is 130 Å². The fourth-order valence-electron chi connectivity index (χ4n) is 3.46. The van der Waals surface area contributed by atoms with E-state index in [0.717, 1.165) is 19.5 Å². The first kappa shape index (κ1) is 16.5. The molecule has 0 heterocycles. The van der Waals surface area contributed by atoms with Crippen LogP contribution in [0.5, 0.6) is 0 Å². The molecule has 120 valence electrons. The minimum absolute atomic E-state index is 0.201. The summed E-state index contributed by atoms with van der Waals surface area (Å²) in [6.45, 7) is 1.65.